The van der Waals surface area contributed by atoms with Crippen molar-refractivity contribution in [3.63, 3.8) is 0 Å². The Bertz CT molecular complexity index is 478. The quantitative estimate of drug-likeness (QED) is 0.660. The van der Waals surface area contributed by atoms with Crippen molar-refractivity contribution < 1.29 is 4.74 Å². The summed E-state index contributed by atoms with van der Waals surface area (Å²) in [6.45, 7) is 3.75. The van der Waals surface area contributed by atoms with E-state index < -0.39 is 0 Å². The van der Waals surface area contributed by atoms with E-state index in [0.29, 0.717) is 16.5 Å². The van der Waals surface area contributed by atoms with E-state index in [4.69, 9.17) is 22.1 Å². The second-order valence-corrected chi connectivity index (χ2v) is 3.74. The second-order valence-electron chi connectivity index (χ2n) is 3.31. The average molecular weight is 251 g/mol. The predicted octanol–water partition coefficient (Wildman–Crippen LogP) is 2.91. The van der Waals surface area contributed by atoms with Crippen molar-refractivity contribution in [2.75, 3.05) is 14.2 Å². The highest BCUT2D eigenvalue weighted by Gasteiger charge is 2.09. The van der Waals surface area contributed by atoms with E-state index in [1.807, 2.05) is 0 Å². The molecule has 0 heterocycles. The molecular weight excluding hydrogens is 236 g/mol. The fraction of sp³-hybridized carbons (Fsp3) is 0.154. The molecule has 0 radical (unpaired) electrons. The van der Waals surface area contributed by atoms with Gasteiger partial charge in [0.2, 0.25) is 0 Å². The Morgan fingerprint density at radius 2 is 2.24 bits per heavy atom. The maximum absolute atomic E-state index is 5.97. The molecule has 0 atom stereocenters. The fourth-order valence-corrected chi connectivity index (χ4v) is 1.65. The van der Waals surface area contributed by atoms with Crippen LogP contribution in [-0.2, 0) is 0 Å². The van der Waals surface area contributed by atoms with Gasteiger partial charge in [0.25, 0.3) is 0 Å². The smallest absolute Gasteiger partial charge is 0.126 e. The third kappa shape index (κ3) is 3.11. The third-order valence-corrected chi connectivity index (χ3v) is 2.47. The molecule has 1 aromatic rings. The van der Waals surface area contributed by atoms with Gasteiger partial charge < -0.3 is 10.5 Å². The summed E-state index contributed by atoms with van der Waals surface area (Å²) in [4.78, 5) is 3.88. The van der Waals surface area contributed by atoms with E-state index in [0.717, 1.165) is 11.1 Å². The normalized spacial score (nSPS) is 12.4. The first-order valence-electron chi connectivity index (χ1n) is 5.02. The number of nitrogens with two attached hydrogens (primary N) is 1. The number of hydrogen-bond acceptors (Lipinski definition) is 3. The summed E-state index contributed by atoms with van der Waals surface area (Å²) in [5, 5.41) is 0.612. The molecular formula is C13H15ClN2O. The maximum atomic E-state index is 5.97. The van der Waals surface area contributed by atoms with Gasteiger partial charge in [-0.15, -0.1) is 0 Å². The van der Waals surface area contributed by atoms with Gasteiger partial charge in [0, 0.05) is 29.4 Å². The predicted molar refractivity (Wildman–Crippen MR) is 73.7 cm³/mol. The van der Waals surface area contributed by atoms with Gasteiger partial charge in [-0.2, -0.15) is 0 Å². The largest absolute Gasteiger partial charge is 0.496 e. The summed E-state index contributed by atoms with van der Waals surface area (Å²) in [7, 11) is 3.25. The summed E-state index contributed by atoms with van der Waals surface area (Å²) in [6.07, 6.45) is 3.22. The molecule has 0 saturated carbocycles. The summed E-state index contributed by atoms with van der Waals surface area (Å²) >= 11 is 5.97. The zero-order valence-electron chi connectivity index (χ0n) is 9.90. The molecule has 0 saturated heterocycles. The first-order valence-corrected chi connectivity index (χ1v) is 5.40. The van der Waals surface area contributed by atoms with Crippen LogP contribution in [-0.4, -0.2) is 20.4 Å². The SMILES string of the molecule is C=C/C(=C(N)\C=N/C)c1cc(Cl)ccc1OC. The Hall–Kier alpha value is -1.74. The number of hydrogen-bond donors (Lipinski definition) is 1. The third-order valence-electron chi connectivity index (χ3n) is 2.24. The van der Waals surface area contributed by atoms with Crippen LogP contribution in [0.5, 0.6) is 5.75 Å². The second kappa shape index (κ2) is 6.11. The van der Waals surface area contributed by atoms with Crippen LogP contribution < -0.4 is 10.5 Å². The first kappa shape index (κ1) is 13.3. The maximum Gasteiger partial charge on any atom is 0.126 e. The van der Waals surface area contributed by atoms with Crippen molar-refractivity contribution in [3.05, 3.63) is 47.1 Å². The minimum absolute atomic E-state index is 0.517. The highest BCUT2D eigenvalue weighted by molar-refractivity contribution is 6.30. The zero-order valence-corrected chi connectivity index (χ0v) is 10.7. The summed E-state index contributed by atoms with van der Waals surface area (Å²) in [5.74, 6) is 0.691. The van der Waals surface area contributed by atoms with Crippen LogP contribution in [0.2, 0.25) is 5.02 Å². The van der Waals surface area contributed by atoms with Gasteiger partial charge in [0.15, 0.2) is 0 Å². The summed E-state index contributed by atoms with van der Waals surface area (Å²) in [5.41, 5.74) is 7.97. The number of halogens is 1. The Labute approximate surface area is 106 Å². The lowest BCUT2D eigenvalue weighted by molar-refractivity contribution is 0.413. The van der Waals surface area contributed by atoms with Gasteiger partial charge in [0.05, 0.1) is 12.8 Å². The molecule has 0 bridgehead atoms. The Morgan fingerprint density at radius 1 is 1.53 bits per heavy atom. The highest BCUT2D eigenvalue weighted by Crippen LogP contribution is 2.30. The topological polar surface area (TPSA) is 47.6 Å². The lowest BCUT2D eigenvalue weighted by Gasteiger charge is -2.11. The molecule has 0 fully saturated rings. The molecule has 0 unspecified atom stereocenters. The van der Waals surface area contributed by atoms with Gasteiger partial charge in [-0.1, -0.05) is 24.3 Å². The summed E-state index contributed by atoms with van der Waals surface area (Å²) < 4.78 is 5.27. The molecule has 0 amide bonds. The number of aliphatic imine (C=N–C) groups is 1. The van der Waals surface area contributed by atoms with Crippen LogP contribution in [0, 0.1) is 0 Å². The molecule has 0 aliphatic rings. The van der Waals surface area contributed by atoms with Crippen molar-refractivity contribution in [1.82, 2.24) is 0 Å². The minimum atomic E-state index is 0.517. The number of ether oxygens (including phenoxy) is 1. The van der Waals surface area contributed by atoms with Crippen LogP contribution in [0.25, 0.3) is 5.57 Å². The molecule has 17 heavy (non-hydrogen) atoms. The molecule has 90 valence electrons. The average Bonchev–Trinajstić information content (AvgIpc) is 2.31. The standard InChI is InChI=1S/C13H15ClN2O/c1-4-10(12(15)8-16-2)11-7-9(14)5-6-13(11)17-3/h4-8H,1,15H2,2-3H3/b12-10-,16-8-. The van der Waals surface area contributed by atoms with Gasteiger partial charge >= 0.3 is 0 Å². The van der Waals surface area contributed by atoms with Crippen molar-refractivity contribution in [2.45, 2.75) is 0 Å². The molecule has 0 spiro atoms. The van der Waals surface area contributed by atoms with Gasteiger partial charge in [0.1, 0.15) is 5.75 Å². The molecule has 0 aromatic heterocycles. The van der Waals surface area contributed by atoms with Crippen LogP contribution in [0.3, 0.4) is 0 Å². The van der Waals surface area contributed by atoms with E-state index in [2.05, 4.69) is 11.6 Å². The van der Waals surface area contributed by atoms with Crippen molar-refractivity contribution in [2.24, 2.45) is 10.7 Å². The van der Waals surface area contributed by atoms with E-state index in [9.17, 15) is 0 Å². The summed E-state index contributed by atoms with van der Waals surface area (Å²) in [6, 6.07) is 5.33. The van der Waals surface area contributed by atoms with Gasteiger partial charge in [-0.25, -0.2) is 0 Å². The number of nitrogens with zero attached hydrogens (tertiary/aromatic N) is 1. The number of benzene rings is 1. The number of rotatable bonds is 4. The molecule has 3 nitrogen and oxygen atoms in total. The van der Waals surface area contributed by atoms with Crippen molar-refractivity contribution in [3.8, 4) is 5.75 Å². The molecule has 4 heteroatoms. The Morgan fingerprint density at radius 3 is 2.76 bits per heavy atom. The van der Waals surface area contributed by atoms with Crippen LogP contribution in [0.1, 0.15) is 5.56 Å². The minimum Gasteiger partial charge on any atom is -0.496 e. The first-order chi connectivity index (χ1) is 8.13. The Balaban J connectivity index is 3.43. The molecule has 2 N–H and O–H groups in total. The molecule has 0 aliphatic carbocycles. The van der Waals surface area contributed by atoms with Crippen molar-refractivity contribution in [1.29, 1.82) is 0 Å². The number of allylic oxidation sites excluding steroid dienone is 3. The molecule has 1 rings (SSSR count). The van der Waals surface area contributed by atoms with E-state index >= 15 is 0 Å². The van der Waals surface area contributed by atoms with Crippen LogP contribution >= 0.6 is 11.6 Å². The lowest BCUT2D eigenvalue weighted by atomic mass is 10.0. The fourth-order valence-electron chi connectivity index (χ4n) is 1.48. The monoisotopic (exact) mass is 250 g/mol. The van der Waals surface area contributed by atoms with E-state index in [1.165, 1.54) is 0 Å². The van der Waals surface area contributed by atoms with Crippen molar-refractivity contribution >= 4 is 23.4 Å². The lowest BCUT2D eigenvalue weighted by Crippen LogP contribution is -2.03. The van der Waals surface area contributed by atoms with E-state index in [-0.39, 0.29) is 0 Å². The van der Waals surface area contributed by atoms with Crippen LogP contribution in [0.15, 0.2) is 41.5 Å². The van der Waals surface area contributed by atoms with Crippen LogP contribution in [0.4, 0.5) is 0 Å². The zero-order chi connectivity index (χ0) is 12.8. The molecule has 0 aliphatic heterocycles. The highest BCUT2D eigenvalue weighted by atomic mass is 35.5. The number of methoxy groups -OCH3 is 1. The Kier molecular flexibility index (Phi) is 4.79. The van der Waals surface area contributed by atoms with Gasteiger partial charge in [-0.3, -0.25) is 4.99 Å². The molecule has 1 aromatic carbocycles. The van der Waals surface area contributed by atoms with E-state index in [1.54, 1.807) is 44.6 Å². The van der Waals surface area contributed by atoms with Gasteiger partial charge in [-0.05, 0) is 18.2 Å².